The summed E-state index contributed by atoms with van der Waals surface area (Å²) in [6.45, 7) is 3.63. The van der Waals surface area contributed by atoms with Crippen molar-refractivity contribution >= 4 is 21.8 Å². The van der Waals surface area contributed by atoms with Gasteiger partial charge in [0.15, 0.2) is 0 Å². The average Bonchev–Trinajstić information content (AvgIpc) is 2.32. The maximum atomic E-state index is 11.6. The standard InChI is InChI=1S/C13H17BrN2O/c1-9-7-10(4-5-11(9)14)8-16-12-3-2-6-15-13(12)17/h4-5,7,12,16H,2-3,6,8H2,1H3,(H,15,17). The van der Waals surface area contributed by atoms with Crippen LogP contribution in [-0.4, -0.2) is 18.5 Å². The Balaban J connectivity index is 1.92. The largest absolute Gasteiger partial charge is 0.355 e. The fraction of sp³-hybridized carbons (Fsp3) is 0.462. The number of hydrogen-bond donors (Lipinski definition) is 2. The van der Waals surface area contributed by atoms with E-state index in [1.807, 2.05) is 6.07 Å². The van der Waals surface area contributed by atoms with Crippen molar-refractivity contribution in [2.24, 2.45) is 0 Å². The van der Waals surface area contributed by atoms with Crippen LogP contribution in [0.15, 0.2) is 22.7 Å². The quantitative estimate of drug-likeness (QED) is 0.897. The highest BCUT2D eigenvalue weighted by molar-refractivity contribution is 9.10. The second kappa shape index (κ2) is 5.65. The highest BCUT2D eigenvalue weighted by Gasteiger charge is 2.20. The van der Waals surface area contributed by atoms with E-state index in [0.29, 0.717) is 0 Å². The van der Waals surface area contributed by atoms with Crippen molar-refractivity contribution in [3.05, 3.63) is 33.8 Å². The van der Waals surface area contributed by atoms with Gasteiger partial charge in [-0.2, -0.15) is 0 Å². The van der Waals surface area contributed by atoms with Crippen LogP contribution < -0.4 is 10.6 Å². The monoisotopic (exact) mass is 296 g/mol. The van der Waals surface area contributed by atoms with E-state index in [9.17, 15) is 4.79 Å². The van der Waals surface area contributed by atoms with E-state index in [1.54, 1.807) is 0 Å². The van der Waals surface area contributed by atoms with Gasteiger partial charge in [0.1, 0.15) is 0 Å². The Hall–Kier alpha value is -0.870. The summed E-state index contributed by atoms with van der Waals surface area (Å²) in [6, 6.07) is 6.23. The van der Waals surface area contributed by atoms with Gasteiger partial charge in [0.2, 0.25) is 5.91 Å². The first-order chi connectivity index (χ1) is 8.16. The van der Waals surface area contributed by atoms with E-state index < -0.39 is 0 Å². The number of halogens is 1. The van der Waals surface area contributed by atoms with Crippen LogP contribution in [-0.2, 0) is 11.3 Å². The summed E-state index contributed by atoms with van der Waals surface area (Å²) in [5.74, 6) is 0.130. The third kappa shape index (κ3) is 3.30. The van der Waals surface area contributed by atoms with Crippen LogP contribution in [0.2, 0.25) is 0 Å². The summed E-state index contributed by atoms with van der Waals surface area (Å²) in [5.41, 5.74) is 2.43. The Morgan fingerprint density at radius 3 is 3.06 bits per heavy atom. The zero-order valence-electron chi connectivity index (χ0n) is 9.92. The number of hydrogen-bond acceptors (Lipinski definition) is 2. The smallest absolute Gasteiger partial charge is 0.237 e. The molecule has 1 atom stereocenters. The lowest BCUT2D eigenvalue weighted by Crippen LogP contribution is -2.47. The molecule has 1 aliphatic rings. The second-order valence-electron chi connectivity index (χ2n) is 4.45. The number of aryl methyl sites for hydroxylation is 1. The Morgan fingerprint density at radius 2 is 2.35 bits per heavy atom. The molecule has 0 aliphatic carbocycles. The number of nitrogens with one attached hydrogen (secondary N) is 2. The molecule has 2 N–H and O–H groups in total. The molecule has 0 radical (unpaired) electrons. The molecule has 1 aromatic rings. The van der Waals surface area contributed by atoms with Crippen LogP contribution in [0.3, 0.4) is 0 Å². The first-order valence-corrected chi connectivity index (χ1v) is 6.72. The van der Waals surface area contributed by atoms with Gasteiger partial charge in [-0.05, 0) is 37.0 Å². The van der Waals surface area contributed by atoms with Crippen LogP contribution in [0.4, 0.5) is 0 Å². The van der Waals surface area contributed by atoms with Crippen molar-refractivity contribution in [3.8, 4) is 0 Å². The molecule has 0 spiro atoms. The Morgan fingerprint density at radius 1 is 1.53 bits per heavy atom. The van der Waals surface area contributed by atoms with Gasteiger partial charge < -0.3 is 10.6 Å². The van der Waals surface area contributed by atoms with E-state index in [2.05, 4.69) is 45.6 Å². The molecule has 0 aromatic heterocycles. The molecule has 3 nitrogen and oxygen atoms in total. The summed E-state index contributed by atoms with van der Waals surface area (Å²) < 4.78 is 1.12. The van der Waals surface area contributed by atoms with Gasteiger partial charge in [-0.25, -0.2) is 0 Å². The van der Waals surface area contributed by atoms with Gasteiger partial charge in [0, 0.05) is 17.6 Å². The van der Waals surface area contributed by atoms with Crippen molar-refractivity contribution < 1.29 is 4.79 Å². The third-order valence-corrected chi connectivity index (χ3v) is 3.95. The van der Waals surface area contributed by atoms with E-state index in [1.165, 1.54) is 11.1 Å². The molecule has 1 aliphatic heterocycles. The zero-order chi connectivity index (χ0) is 12.3. The number of carbonyl (C=O) groups is 1. The summed E-state index contributed by atoms with van der Waals surface area (Å²) in [5, 5.41) is 6.19. The van der Waals surface area contributed by atoms with Crippen LogP contribution in [0, 0.1) is 6.92 Å². The molecule has 1 aromatic carbocycles. The van der Waals surface area contributed by atoms with Crippen molar-refractivity contribution in [2.45, 2.75) is 32.4 Å². The van der Waals surface area contributed by atoms with Crippen molar-refractivity contribution in [1.82, 2.24) is 10.6 Å². The minimum Gasteiger partial charge on any atom is -0.355 e. The first-order valence-electron chi connectivity index (χ1n) is 5.93. The van der Waals surface area contributed by atoms with Crippen LogP contribution in [0.1, 0.15) is 24.0 Å². The number of carbonyl (C=O) groups excluding carboxylic acids is 1. The topological polar surface area (TPSA) is 41.1 Å². The number of piperidine rings is 1. The van der Waals surface area contributed by atoms with Gasteiger partial charge >= 0.3 is 0 Å². The first kappa shape index (κ1) is 12.6. The lowest BCUT2D eigenvalue weighted by Gasteiger charge is -2.23. The third-order valence-electron chi connectivity index (χ3n) is 3.06. The SMILES string of the molecule is Cc1cc(CNC2CCCNC2=O)ccc1Br. The molecule has 17 heavy (non-hydrogen) atoms. The van der Waals surface area contributed by atoms with Crippen molar-refractivity contribution in [3.63, 3.8) is 0 Å². The summed E-state index contributed by atoms with van der Waals surface area (Å²) in [7, 11) is 0. The second-order valence-corrected chi connectivity index (χ2v) is 5.30. The molecule has 2 rings (SSSR count). The van der Waals surface area contributed by atoms with Gasteiger partial charge in [-0.3, -0.25) is 4.79 Å². The molecule has 92 valence electrons. The maximum Gasteiger partial charge on any atom is 0.237 e. The predicted octanol–water partition coefficient (Wildman–Crippen LogP) is 2.13. The average molecular weight is 297 g/mol. The molecule has 1 unspecified atom stereocenters. The highest BCUT2D eigenvalue weighted by atomic mass is 79.9. The van der Waals surface area contributed by atoms with E-state index >= 15 is 0 Å². The zero-order valence-corrected chi connectivity index (χ0v) is 11.5. The maximum absolute atomic E-state index is 11.6. The fourth-order valence-electron chi connectivity index (χ4n) is 2.02. The minimum atomic E-state index is -0.0345. The van der Waals surface area contributed by atoms with Crippen LogP contribution >= 0.6 is 15.9 Å². The van der Waals surface area contributed by atoms with Gasteiger partial charge in [0.05, 0.1) is 6.04 Å². The van der Waals surface area contributed by atoms with E-state index in [4.69, 9.17) is 0 Å². The number of rotatable bonds is 3. The molecule has 1 saturated heterocycles. The lowest BCUT2D eigenvalue weighted by molar-refractivity contribution is -0.124. The van der Waals surface area contributed by atoms with Gasteiger partial charge in [-0.15, -0.1) is 0 Å². The summed E-state index contributed by atoms with van der Waals surface area (Å²) in [6.07, 6.45) is 1.99. The molecule has 1 amide bonds. The fourth-order valence-corrected chi connectivity index (χ4v) is 2.27. The van der Waals surface area contributed by atoms with Crippen LogP contribution in [0.25, 0.3) is 0 Å². The highest BCUT2D eigenvalue weighted by Crippen LogP contribution is 2.17. The summed E-state index contributed by atoms with van der Waals surface area (Å²) in [4.78, 5) is 11.6. The molecule has 4 heteroatoms. The molecule has 0 saturated carbocycles. The van der Waals surface area contributed by atoms with Gasteiger partial charge in [-0.1, -0.05) is 28.1 Å². The Bertz CT molecular complexity index is 420. The Kier molecular flexibility index (Phi) is 4.18. The van der Waals surface area contributed by atoms with Crippen LogP contribution in [0.5, 0.6) is 0 Å². The summed E-state index contributed by atoms with van der Waals surface area (Å²) >= 11 is 3.48. The van der Waals surface area contributed by atoms with Gasteiger partial charge in [0.25, 0.3) is 0 Å². The minimum absolute atomic E-state index is 0.0345. The van der Waals surface area contributed by atoms with E-state index in [-0.39, 0.29) is 11.9 Å². The number of benzene rings is 1. The molecular formula is C13H17BrN2O. The van der Waals surface area contributed by atoms with E-state index in [0.717, 1.165) is 30.4 Å². The predicted molar refractivity (Wildman–Crippen MR) is 71.8 cm³/mol. The molecule has 1 fully saturated rings. The lowest BCUT2D eigenvalue weighted by atomic mass is 10.1. The molecule has 1 heterocycles. The Labute approximate surface area is 110 Å². The number of amides is 1. The molecular weight excluding hydrogens is 280 g/mol. The normalized spacial score (nSPS) is 20.1. The van der Waals surface area contributed by atoms with Crippen molar-refractivity contribution in [1.29, 1.82) is 0 Å². The van der Waals surface area contributed by atoms with Crippen molar-refractivity contribution in [2.75, 3.05) is 6.54 Å². The molecule has 0 bridgehead atoms.